The van der Waals surface area contributed by atoms with E-state index in [4.69, 9.17) is 4.74 Å². The van der Waals surface area contributed by atoms with Gasteiger partial charge in [0.15, 0.2) is 0 Å². The van der Waals surface area contributed by atoms with Crippen molar-refractivity contribution in [2.24, 2.45) is 0 Å². The molecule has 0 N–H and O–H groups in total. The van der Waals surface area contributed by atoms with E-state index in [0.29, 0.717) is 37.0 Å². The van der Waals surface area contributed by atoms with E-state index in [1.807, 2.05) is 0 Å². The Kier molecular flexibility index (Phi) is 5.81. The average Bonchev–Trinajstić information content (AvgIpc) is 2.96. The number of hydrogen-bond donors (Lipinski definition) is 0. The standard InChI is InChI=1S/C20H26N2O5Si/c1-28(2,3)9-8-27-13-22-18(24)7-6-17(20(22)26)21-11-15-5-4-14(12-23)10-16(15)19(21)25/h4-5,10,12,17H,6-9,11,13H2,1-3H3. The quantitative estimate of drug-likeness (QED) is 0.302. The maximum absolute atomic E-state index is 12.9. The number of imide groups is 1. The summed E-state index contributed by atoms with van der Waals surface area (Å²) in [7, 11) is -1.26. The summed E-state index contributed by atoms with van der Waals surface area (Å²) >= 11 is 0. The van der Waals surface area contributed by atoms with Crippen LogP contribution < -0.4 is 0 Å². The summed E-state index contributed by atoms with van der Waals surface area (Å²) in [5, 5.41) is 0. The van der Waals surface area contributed by atoms with Crippen LogP contribution in [0.4, 0.5) is 0 Å². The van der Waals surface area contributed by atoms with Gasteiger partial charge in [-0.05, 0) is 24.1 Å². The number of carbonyl (C=O) groups is 4. The summed E-state index contributed by atoms with van der Waals surface area (Å²) in [5.74, 6) is -0.923. The largest absolute Gasteiger partial charge is 0.361 e. The zero-order chi connectivity index (χ0) is 20.5. The zero-order valence-electron chi connectivity index (χ0n) is 16.6. The highest BCUT2D eigenvalue weighted by molar-refractivity contribution is 6.76. The minimum Gasteiger partial charge on any atom is -0.361 e. The number of hydrogen-bond acceptors (Lipinski definition) is 5. The zero-order valence-corrected chi connectivity index (χ0v) is 17.6. The minimum atomic E-state index is -1.26. The molecule has 28 heavy (non-hydrogen) atoms. The molecule has 0 aliphatic carbocycles. The second kappa shape index (κ2) is 7.96. The Morgan fingerprint density at radius 2 is 1.96 bits per heavy atom. The third-order valence-electron chi connectivity index (χ3n) is 5.18. The third kappa shape index (κ3) is 4.23. The highest BCUT2D eigenvalue weighted by atomic mass is 28.3. The van der Waals surface area contributed by atoms with Crippen molar-refractivity contribution in [2.75, 3.05) is 13.3 Å². The van der Waals surface area contributed by atoms with Gasteiger partial charge >= 0.3 is 0 Å². The maximum atomic E-state index is 12.9. The highest BCUT2D eigenvalue weighted by Gasteiger charge is 2.42. The van der Waals surface area contributed by atoms with Crippen molar-refractivity contribution in [3.8, 4) is 0 Å². The van der Waals surface area contributed by atoms with Crippen molar-refractivity contribution >= 4 is 32.1 Å². The molecule has 2 heterocycles. The maximum Gasteiger partial charge on any atom is 0.255 e. The predicted molar refractivity (Wildman–Crippen MR) is 106 cm³/mol. The Labute approximate surface area is 165 Å². The Bertz CT molecular complexity index is 817. The molecule has 2 aliphatic heterocycles. The molecule has 1 aromatic carbocycles. The van der Waals surface area contributed by atoms with E-state index in [1.165, 1.54) is 4.90 Å². The fourth-order valence-corrected chi connectivity index (χ4v) is 4.20. The number of amides is 3. The molecule has 1 atom stereocenters. The summed E-state index contributed by atoms with van der Waals surface area (Å²) < 4.78 is 5.60. The van der Waals surface area contributed by atoms with E-state index in [-0.39, 0.29) is 30.9 Å². The van der Waals surface area contributed by atoms with Gasteiger partial charge in [0, 0.05) is 38.8 Å². The predicted octanol–water partition coefficient (Wildman–Crippen LogP) is 2.28. The van der Waals surface area contributed by atoms with Gasteiger partial charge in [-0.1, -0.05) is 31.8 Å². The first-order chi connectivity index (χ1) is 13.2. The van der Waals surface area contributed by atoms with Gasteiger partial charge in [0.2, 0.25) is 5.91 Å². The van der Waals surface area contributed by atoms with Crippen molar-refractivity contribution in [1.29, 1.82) is 0 Å². The highest BCUT2D eigenvalue weighted by Crippen LogP contribution is 2.29. The second-order valence-corrected chi connectivity index (χ2v) is 14.2. The number of rotatable bonds is 7. The summed E-state index contributed by atoms with van der Waals surface area (Å²) in [4.78, 5) is 51.6. The van der Waals surface area contributed by atoms with Crippen LogP contribution in [0.15, 0.2) is 18.2 Å². The van der Waals surface area contributed by atoms with Crippen molar-refractivity contribution in [1.82, 2.24) is 9.80 Å². The molecular formula is C20H26N2O5Si. The topological polar surface area (TPSA) is 84.0 Å². The van der Waals surface area contributed by atoms with E-state index in [1.54, 1.807) is 18.2 Å². The van der Waals surface area contributed by atoms with E-state index in [9.17, 15) is 19.2 Å². The first-order valence-electron chi connectivity index (χ1n) is 9.52. The van der Waals surface area contributed by atoms with E-state index in [0.717, 1.165) is 16.5 Å². The summed E-state index contributed by atoms with van der Waals surface area (Å²) in [6.07, 6.45) is 1.21. The van der Waals surface area contributed by atoms with Crippen molar-refractivity contribution < 1.29 is 23.9 Å². The Hall–Kier alpha value is -2.32. The lowest BCUT2D eigenvalue weighted by Crippen LogP contribution is -2.55. The van der Waals surface area contributed by atoms with Crippen LogP contribution in [0.25, 0.3) is 0 Å². The third-order valence-corrected chi connectivity index (χ3v) is 6.88. The van der Waals surface area contributed by atoms with Gasteiger partial charge in [0.1, 0.15) is 19.1 Å². The van der Waals surface area contributed by atoms with E-state index < -0.39 is 14.1 Å². The lowest BCUT2D eigenvalue weighted by Gasteiger charge is -2.35. The van der Waals surface area contributed by atoms with Crippen LogP contribution in [0.2, 0.25) is 25.7 Å². The molecule has 3 rings (SSSR count). The number of ether oxygens (including phenoxy) is 1. The molecule has 150 valence electrons. The second-order valence-electron chi connectivity index (χ2n) is 8.53. The van der Waals surface area contributed by atoms with Gasteiger partial charge in [-0.3, -0.25) is 24.1 Å². The molecular weight excluding hydrogens is 376 g/mol. The molecule has 0 spiro atoms. The van der Waals surface area contributed by atoms with Crippen LogP contribution in [-0.2, 0) is 20.9 Å². The number of carbonyl (C=O) groups excluding carboxylic acids is 4. The Balaban J connectivity index is 1.68. The van der Waals surface area contributed by atoms with Crippen LogP contribution >= 0.6 is 0 Å². The van der Waals surface area contributed by atoms with Crippen LogP contribution in [0, 0.1) is 0 Å². The van der Waals surface area contributed by atoms with E-state index >= 15 is 0 Å². The molecule has 2 aliphatic rings. The summed E-state index contributed by atoms with van der Waals surface area (Å²) in [6.45, 7) is 7.45. The first kappa shape index (κ1) is 20.4. The fourth-order valence-electron chi connectivity index (χ4n) is 3.45. The molecule has 7 nitrogen and oxygen atoms in total. The molecule has 0 saturated carbocycles. The number of piperidine rings is 1. The molecule has 0 aromatic heterocycles. The van der Waals surface area contributed by atoms with Crippen LogP contribution in [-0.4, -0.2) is 61.3 Å². The number of fused-ring (bicyclic) bond motifs is 1. The molecule has 0 bridgehead atoms. The fraction of sp³-hybridized carbons (Fsp3) is 0.500. The summed E-state index contributed by atoms with van der Waals surface area (Å²) in [5.41, 5.74) is 1.67. The lowest BCUT2D eigenvalue weighted by atomic mass is 10.0. The smallest absolute Gasteiger partial charge is 0.255 e. The van der Waals surface area contributed by atoms with Gasteiger partial charge in [-0.2, -0.15) is 0 Å². The normalized spacial score (nSPS) is 20.0. The Morgan fingerprint density at radius 1 is 1.21 bits per heavy atom. The van der Waals surface area contributed by atoms with Gasteiger partial charge in [0.25, 0.3) is 11.8 Å². The van der Waals surface area contributed by atoms with E-state index in [2.05, 4.69) is 19.6 Å². The molecule has 0 radical (unpaired) electrons. The molecule has 8 heteroatoms. The molecule has 1 aromatic rings. The number of benzene rings is 1. The van der Waals surface area contributed by atoms with Crippen molar-refractivity contribution in [2.45, 2.75) is 51.1 Å². The monoisotopic (exact) mass is 402 g/mol. The Morgan fingerprint density at radius 3 is 2.64 bits per heavy atom. The molecule has 1 unspecified atom stereocenters. The van der Waals surface area contributed by atoms with Crippen molar-refractivity contribution in [3.05, 3.63) is 34.9 Å². The SMILES string of the molecule is C[Si](C)(C)CCOCN1C(=O)CCC(N2Cc3ccc(C=O)cc3C2=O)C1=O. The van der Waals surface area contributed by atoms with Gasteiger partial charge in [0.05, 0.1) is 0 Å². The number of likely N-dealkylation sites (tertiary alicyclic amines) is 1. The summed E-state index contributed by atoms with van der Waals surface area (Å²) in [6, 6.07) is 5.23. The lowest BCUT2D eigenvalue weighted by molar-refractivity contribution is -0.158. The number of nitrogens with zero attached hydrogens (tertiary/aromatic N) is 2. The van der Waals surface area contributed by atoms with Gasteiger partial charge in [-0.15, -0.1) is 0 Å². The van der Waals surface area contributed by atoms with Crippen LogP contribution in [0.5, 0.6) is 0 Å². The minimum absolute atomic E-state index is 0.0666. The van der Waals surface area contributed by atoms with Crippen molar-refractivity contribution in [3.63, 3.8) is 0 Å². The molecule has 3 amide bonds. The van der Waals surface area contributed by atoms with Gasteiger partial charge in [-0.25, -0.2) is 0 Å². The average molecular weight is 403 g/mol. The molecule has 1 saturated heterocycles. The van der Waals surface area contributed by atoms with Crippen LogP contribution in [0.1, 0.15) is 39.1 Å². The molecule has 1 fully saturated rings. The van der Waals surface area contributed by atoms with Crippen LogP contribution in [0.3, 0.4) is 0 Å². The number of aldehydes is 1. The first-order valence-corrected chi connectivity index (χ1v) is 13.2. The van der Waals surface area contributed by atoms with Gasteiger partial charge < -0.3 is 9.64 Å².